The minimum absolute atomic E-state index is 0. The minimum atomic E-state index is -1.27. The van der Waals surface area contributed by atoms with Crippen molar-refractivity contribution in [2.24, 2.45) is 0 Å². The molecule has 1 rings (SSSR count). The van der Waals surface area contributed by atoms with Crippen LogP contribution in [0.5, 0.6) is 0 Å². The smallest absolute Gasteiger partial charge is 0.220 e. The first-order valence-electron chi connectivity index (χ1n) is 5.11. The average Bonchev–Trinajstić information content (AvgIpc) is 2.28. The van der Waals surface area contributed by atoms with E-state index in [9.17, 15) is 20.1 Å². The third kappa shape index (κ3) is 2.86. The van der Waals surface area contributed by atoms with Gasteiger partial charge in [-0.25, -0.2) is 0 Å². The van der Waals surface area contributed by atoms with Crippen molar-refractivity contribution in [3.8, 4) is 0 Å². The van der Waals surface area contributed by atoms with Crippen LogP contribution in [0.2, 0.25) is 0 Å². The first-order valence-corrected chi connectivity index (χ1v) is 6.05. The quantitative estimate of drug-likeness (QED) is 0.409. The molecule has 0 bridgehead atoms. The third-order valence-electron chi connectivity index (χ3n) is 2.55. The van der Waals surface area contributed by atoms with Gasteiger partial charge in [0, 0.05) is 7.85 Å². The van der Waals surface area contributed by atoms with Crippen molar-refractivity contribution in [1.82, 2.24) is 5.32 Å². The molecule has 0 aromatic rings. The lowest BCUT2D eigenvalue weighted by Gasteiger charge is -2.39. The number of rotatable bonds is 3. The summed E-state index contributed by atoms with van der Waals surface area (Å²) in [6.45, 7) is 1.31. The van der Waals surface area contributed by atoms with E-state index in [-0.39, 0.29) is 20.4 Å². The summed E-state index contributed by atoms with van der Waals surface area (Å²) >= 11 is 0.940. The van der Waals surface area contributed by atoms with Gasteiger partial charge < -0.3 is 25.7 Å². The van der Waals surface area contributed by atoms with Gasteiger partial charge in [-0.05, 0) is 0 Å². The summed E-state index contributed by atoms with van der Waals surface area (Å²) in [6, 6.07) is -0.907. The number of nitrogens with one attached hydrogen (secondary N) is 1. The van der Waals surface area contributed by atoms with Gasteiger partial charge in [0.1, 0.15) is 11.5 Å². The van der Waals surface area contributed by atoms with Gasteiger partial charge in [-0.3, -0.25) is 4.79 Å². The van der Waals surface area contributed by atoms with Crippen molar-refractivity contribution >= 4 is 17.7 Å². The minimum Gasteiger partial charge on any atom is -0.395 e. The molecule has 5 atom stereocenters. The molecule has 1 heterocycles. The Balaban J connectivity index is 0.00000256. The standard InChI is InChI=1S/C9H17NO5S.H2/c1-2-5(12)10-6-8(14)7(13)4(3-11)16-9(6)15;/h4,6-9,11,13-15H,2-3H2,1H3,(H,10,12);1H/t4?,6?,7-,8-,9?;/m1./s1. The fraction of sp³-hybridized carbons (Fsp3) is 0.889. The highest BCUT2D eigenvalue weighted by atomic mass is 32.2. The van der Waals surface area contributed by atoms with E-state index < -0.39 is 28.9 Å². The van der Waals surface area contributed by atoms with Gasteiger partial charge >= 0.3 is 0 Å². The summed E-state index contributed by atoms with van der Waals surface area (Å²) < 4.78 is 0. The summed E-state index contributed by atoms with van der Waals surface area (Å²) in [5.74, 6) is -0.307. The monoisotopic (exact) mass is 253 g/mol. The first-order chi connectivity index (χ1) is 7.51. The van der Waals surface area contributed by atoms with E-state index in [0.29, 0.717) is 0 Å². The lowest BCUT2D eigenvalue weighted by Crippen LogP contribution is -2.60. The van der Waals surface area contributed by atoms with E-state index in [1.54, 1.807) is 6.92 Å². The fourth-order valence-corrected chi connectivity index (χ4v) is 2.71. The van der Waals surface area contributed by atoms with E-state index in [0.717, 1.165) is 11.8 Å². The van der Waals surface area contributed by atoms with Crippen LogP contribution in [0.4, 0.5) is 0 Å². The largest absolute Gasteiger partial charge is 0.395 e. The summed E-state index contributed by atoms with van der Waals surface area (Å²) in [7, 11) is 0. The number of carbonyl (C=O) groups is 1. The zero-order valence-electron chi connectivity index (χ0n) is 8.91. The first kappa shape index (κ1) is 13.7. The Morgan fingerprint density at radius 2 is 2.00 bits per heavy atom. The molecule has 16 heavy (non-hydrogen) atoms. The number of carbonyl (C=O) groups excluding carboxylic acids is 1. The fourth-order valence-electron chi connectivity index (χ4n) is 1.54. The van der Waals surface area contributed by atoms with E-state index >= 15 is 0 Å². The molecule has 0 aromatic heterocycles. The summed E-state index contributed by atoms with van der Waals surface area (Å²) in [5, 5.41) is 39.7. The molecule has 0 spiro atoms. The Bertz CT molecular complexity index is 258. The lowest BCUT2D eigenvalue weighted by atomic mass is 10.0. The molecule has 5 N–H and O–H groups in total. The molecular formula is C9H19NO5S. The van der Waals surface area contributed by atoms with Crippen LogP contribution in [0.25, 0.3) is 0 Å². The van der Waals surface area contributed by atoms with E-state index in [1.807, 2.05) is 0 Å². The third-order valence-corrected chi connectivity index (χ3v) is 3.90. The van der Waals surface area contributed by atoms with Crippen LogP contribution in [0.15, 0.2) is 0 Å². The van der Waals surface area contributed by atoms with E-state index in [4.69, 9.17) is 5.11 Å². The van der Waals surface area contributed by atoms with Crippen molar-refractivity contribution in [3.05, 3.63) is 0 Å². The maximum atomic E-state index is 11.2. The Morgan fingerprint density at radius 3 is 2.50 bits per heavy atom. The van der Waals surface area contributed by atoms with Gasteiger partial charge in [-0.1, -0.05) is 6.92 Å². The SMILES string of the molecule is CCC(=O)NC1C(O)SC(CO)[C@@H](O)[C@@H]1O.[HH]. The number of aliphatic hydroxyl groups is 4. The molecule has 1 aliphatic heterocycles. The van der Waals surface area contributed by atoms with Crippen LogP contribution < -0.4 is 5.32 Å². The van der Waals surface area contributed by atoms with Crippen LogP contribution in [-0.2, 0) is 4.79 Å². The van der Waals surface area contributed by atoms with Crippen molar-refractivity contribution in [2.75, 3.05) is 6.61 Å². The zero-order chi connectivity index (χ0) is 12.3. The predicted molar refractivity (Wildman–Crippen MR) is 60.8 cm³/mol. The van der Waals surface area contributed by atoms with Crippen molar-refractivity contribution in [2.45, 2.75) is 42.3 Å². The average molecular weight is 253 g/mol. The number of hydrogen-bond donors (Lipinski definition) is 5. The maximum Gasteiger partial charge on any atom is 0.220 e. The van der Waals surface area contributed by atoms with Crippen molar-refractivity contribution in [3.63, 3.8) is 0 Å². The number of amides is 1. The van der Waals surface area contributed by atoms with Gasteiger partial charge in [0.15, 0.2) is 0 Å². The van der Waals surface area contributed by atoms with E-state index in [2.05, 4.69) is 5.32 Å². The Kier molecular flexibility index (Phi) is 5.00. The number of aliphatic hydroxyl groups excluding tert-OH is 4. The topological polar surface area (TPSA) is 110 Å². The molecule has 3 unspecified atom stereocenters. The highest BCUT2D eigenvalue weighted by molar-refractivity contribution is 8.00. The highest BCUT2D eigenvalue weighted by Crippen LogP contribution is 2.31. The molecule has 7 heteroatoms. The molecule has 1 saturated heterocycles. The summed E-state index contributed by atoms with van der Waals surface area (Å²) in [6.07, 6.45) is -2.20. The molecule has 6 nitrogen and oxygen atoms in total. The molecule has 0 aliphatic carbocycles. The molecule has 0 saturated carbocycles. The van der Waals surface area contributed by atoms with Crippen molar-refractivity contribution in [1.29, 1.82) is 0 Å². The molecule has 1 fully saturated rings. The van der Waals surface area contributed by atoms with Gasteiger partial charge in [-0.2, -0.15) is 0 Å². The molecule has 0 radical (unpaired) electrons. The normalized spacial score (nSPS) is 39.4. The predicted octanol–water partition coefficient (Wildman–Crippen LogP) is -1.72. The second-order valence-electron chi connectivity index (χ2n) is 3.68. The molecule has 1 amide bonds. The van der Waals surface area contributed by atoms with Gasteiger partial charge in [-0.15, -0.1) is 11.8 Å². The number of hydrogen-bond acceptors (Lipinski definition) is 6. The lowest BCUT2D eigenvalue weighted by molar-refractivity contribution is -0.124. The van der Waals surface area contributed by atoms with Crippen LogP contribution >= 0.6 is 11.8 Å². The molecule has 1 aliphatic rings. The van der Waals surface area contributed by atoms with Crippen LogP contribution in [0.3, 0.4) is 0 Å². The second kappa shape index (κ2) is 5.83. The molecular weight excluding hydrogens is 234 g/mol. The van der Waals surface area contributed by atoms with Crippen LogP contribution in [-0.4, -0.2) is 61.9 Å². The summed E-state index contributed by atoms with van der Waals surface area (Å²) in [4.78, 5) is 11.2. The van der Waals surface area contributed by atoms with Crippen LogP contribution in [0.1, 0.15) is 14.8 Å². The van der Waals surface area contributed by atoms with Gasteiger partial charge in [0.25, 0.3) is 0 Å². The molecule has 96 valence electrons. The Labute approximate surface area is 99.1 Å². The Morgan fingerprint density at radius 1 is 1.38 bits per heavy atom. The summed E-state index contributed by atoms with van der Waals surface area (Å²) in [5.41, 5.74) is -1.04. The highest BCUT2D eigenvalue weighted by Gasteiger charge is 2.43. The Hall–Kier alpha value is -0.340. The van der Waals surface area contributed by atoms with E-state index in [1.165, 1.54) is 0 Å². The molecule has 0 aromatic carbocycles. The zero-order valence-corrected chi connectivity index (χ0v) is 9.72. The van der Waals surface area contributed by atoms with Crippen molar-refractivity contribution < 1.29 is 26.6 Å². The number of thioether (sulfide) groups is 1. The van der Waals surface area contributed by atoms with Gasteiger partial charge in [0.05, 0.1) is 24.0 Å². The maximum absolute atomic E-state index is 11.2. The van der Waals surface area contributed by atoms with Crippen LogP contribution in [0, 0.1) is 0 Å². The second-order valence-corrected chi connectivity index (χ2v) is 5.04. The van der Waals surface area contributed by atoms with Gasteiger partial charge in [0.2, 0.25) is 5.91 Å².